The lowest BCUT2D eigenvalue weighted by atomic mass is 10.2. The monoisotopic (exact) mass is 356 g/mol. The number of aromatic nitrogens is 2. The summed E-state index contributed by atoms with van der Waals surface area (Å²) in [6, 6.07) is 10.5. The fourth-order valence-electron chi connectivity index (χ4n) is 2.60. The van der Waals surface area contributed by atoms with Gasteiger partial charge >= 0.3 is 0 Å². The van der Waals surface area contributed by atoms with E-state index in [-0.39, 0.29) is 30.8 Å². The first-order chi connectivity index (χ1) is 10.2. The van der Waals surface area contributed by atoms with Gasteiger partial charge in [0.1, 0.15) is 5.82 Å². The Labute approximate surface area is 148 Å². The van der Waals surface area contributed by atoms with Gasteiger partial charge in [-0.25, -0.2) is 4.98 Å². The Kier molecular flexibility index (Phi) is 7.35. The molecule has 0 aliphatic carbocycles. The Morgan fingerprint density at radius 2 is 1.61 bits per heavy atom. The van der Waals surface area contributed by atoms with E-state index in [2.05, 4.69) is 44.0 Å². The van der Waals surface area contributed by atoms with Gasteiger partial charge in [0.15, 0.2) is 0 Å². The van der Waals surface area contributed by atoms with E-state index >= 15 is 0 Å². The Morgan fingerprint density at radius 3 is 2.22 bits per heavy atom. The number of anilines is 3. The minimum absolute atomic E-state index is 0. The summed E-state index contributed by atoms with van der Waals surface area (Å²) in [5, 5.41) is 0. The summed E-state index contributed by atoms with van der Waals surface area (Å²) in [6.07, 6.45) is 1.72. The maximum Gasteiger partial charge on any atom is 0.221 e. The second kappa shape index (κ2) is 8.76. The van der Waals surface area contributed by atoms with Crippen LogP contribution in [0.25, 0.3) is 0 Å². The molecule has 2 aromatic rings. The van der Waals surface area contributed by atoms with Crippen molar-refractivity contribution in [2.24, 2.45) is 0 Å². The molecule has 3 rings (SSSR count). The third-order valence-corrected chi connectivity index (χ3v) is 3.80. The zero-order valence-electron chi connectivity index (χ0n) is 12.8. The number of rotatable bonds is 3. The van der Waals surface area contributed by atoms with Crippen molar-refractivity contribution in [1.82, 2.24) is 14.9 Å². The van der Waals surface area contributed by atoms with E-state index < -0.39 is 0 Å². The van der Waals surface area contributed by atoms with E-state index in [0.29, 0.717) is 5.82 Å². The van der Waals surface area contributed by atoms with E-state index in [1.165, 1.54) is 5.69 Å². The fraction of sp³-hybridized carbons (Fsp3) is 0.333. The minimum Gasteiger partial charge on any atom is -0.383 e. The first-order valence-electron chi connectivity index (χ1n) is 7.11. The van der Waals surface area contributed by atoms with Crippen LogP contribution in [0.2, 0.25) is 0 Å². The van der Waals surface area contributed by atoms with Crippen LogP contribution >= 0.6 is 24.8 Å². The molecular weight excluding hydrogens is 335 g/mol. The summed E-state index contributed by atoms with van der Waals surface area (Å²) in [4.78, 5) is 12.8. The van der Waals surface area contributed by atoms with Crippen LogP contribution in [0.4, 0.5) is 17.5 Å². The van der Waals surface area contributed by atoms with Crippen molar-refractivity contribution in [2.75, 3.05) is 42.5 Å². The van der Waals surface area contributed by atoms with E-state index in [1.807, 2.05) is 6.07 Å². The number of benzene rings is 1. The Hall–Kier alpha value is -1.76. The summed E-state index contributed by atoms with van der Waals surface area (Å²) in [7, 11) is 0. The van der Waals surface area contributed by atoms with Crippen LogP contribution in [-0.2, 0) is 6.54 Å². The summed E-state index contributed by atoms with van der Waals surface area (Å²) in [5.74, 6) is 0.707. The maximum absolute atomic E-state index is 5.89. The topological polar surface area (TPSA) is 84.3 Å². The third kappa shape index (κ3) is 4.86. The van der Waals surface area contributed by atoms with Gasteiger partial charge in [-0.2, -0.15) is 4.98 Å². The SMILES string of the molecule is Cl.Cl.Nc1ncc(CN2CCN(c3ccccc3)CC2)c(N)n1. The average Bonchev–Trinajstić information content (AvgIpc) is 2.52. The summed E-state index contributed by atoms with van der Waals surface area (Å²) in [5.41, 5.74) is 13.6. The molecule has 1 aliphatic heterocycles. The van der Waals surface area contributed by atoms with Crippen LogP contribution < -0.4 is 16.4 Å². The molecule has 0 atom stereocenters. The van der Waals surface area contributed by atoms with Crippen molar-refractivity contribution < 1.29 is 0 Å². The zero-order valence-corrected chi connectivity index (χ0v) is 14.4. The molecule has 0 saturated carbocycles. The highest BCUT2D eigenvalue weighted by Gasteiger charge is 2.18. The Bertz CT molecular complexity index is 602. The molecule has 8 heteroatoms. The summed E-state index contributed by atoms with van der Waals surface area (Å²) < 4.78 is 0. The van der Waals surface area contributed by atoms with Crippen molar-refractivity contribution >= 4 is 42.3 Å². The van der Waals surface area contributed by atoms with Crippen molar-refractivity contribution in [3.63, 3.8) is 0 Å². The van der Waals surface area contributed by atoms with Crippen molar-refractivity contribution in [3.05, 3.63) is 42.1 Å². The Morgan fingerprint density at radius 1 is 0.957 bits per heavy atom. The first-order valence-corrected chi connectivity index (χ1v) is 7.11. The van der Waals surface area contributed by atoms with Gasteiger partial charge in [0.25, 0.3) is 0 Å². The smallest absolute Gasteiger partial charge is 0.221 e. The van der Waals surface area contributed by atoms with Crippen LogP contribution in [0, 0.1) is 0 Å². The quantitative estimate of drug-likeness (QED) is 0.872. The number of hydrogen-bond donors (Lipinski definition) is 2. The number of hydrogen-bond acceptors (Lipinski definition) is 6. The minimum atomic E-state index is 0. The highest BCUT2D eigenvalue weighted by atomic mass is 35.5. The van der Waals surface area contributed by atoms with Crippen LogP contribution in [-0.4, -0.2) is 41.0 Å². The molecule has 4 N–H and O–H groups in total. The standard InChI is InChI=1S/C15H20N6.2ClH/c16-14-12(10-18-15(17)19-14)11-20-6-8-21(9-7-20)13-4-2-1-3-5-13;;/h1-5,10H,6-9,11H2,(H4,16,17,18,19);2*1H. The third-order valence-electron chi connectivity index (χ3n) is 3.80. The van der Waals surface area contributed by atoms with Crippen molar-refractivity contribution in [3.8, 4) is 0 Å². The molecule has 0 bridgehead atoms. The molecule has 126 valence electrons. The van der Waals surface area contributed by atoms with Gasteiger partial charge in [0.2, 0.25) is 5.95 Å². The second-order valence-electron chi connectivity index (χ2n) is 5.24. The largest absolute Gasteiger partial charge is 0.383 e. The zero-order chi connectivity index (χ0) is 14.7. The molecule has 1 fully saturated rings. The molecule has 23 heavy (non-hydrogen) atoms. The molecule has 1 aromatic heterocycles. The van der Waals surface area contributed by atoms with Crippen molar-refractivity contribution in [1.29, 1.82) is 0 Å². The number of nitrogen functional groups attached to an aromatic ring is 2. The van der Waals surface area contributed by atoms with Gasteiger partial charge in [0.05, 0.1) is 0 Å². The highest BCUT2D eigenvalue weighted by Crippen LogP contribution is 2.18. The van der Waals surface area contributed by atoms with Gasteiger partial charge in [-0.1, -0.05) is 18.2 Å². The highest BCUT2D eigenvalue weighted by molar-refractivity contribution is 5.85. The molecule has 0 radical (unpaired) electrons. The number of piperazine rings is 1. The van der Waals surface area contributed by atoms with Gasteiger partial charge in [-0.05, 0) is 12.1 Å². The van der Waals surface area contributed by atoms with Crippen LogP contribution in [0.5, 0.6) is 0 Å². The predicted molar refractivity (Wildman–Crippen MR) is 99.3 cm³/mol. The number of nitrogens with zero attached hydrogens (tertiary/aromatic N) is 4. The number of halogens is 2. The average molecular weight is 357 g/mol. The molecule has 0 amide bonds. The Balaban J connectivity index is 0.00000132. The molecule has 1 aromatic carbocycles. The van der Waals surface area contributed by atoms with Gasteiger partial charge in [-0.3, -0.25) is 4.90 Å². The summed E-state index contributed by atoms with van der Waals surface area (Å²) in [6.45, 7) is 4.80. The van der Waals surface area contributed by atoms with E-state index in [0.717, 1.165) is 38.3 Å². The maximum atomic E-state index is 5.89. The van der Waals surface area contributed by atoms with Gasteiger partial charge in [0, 0.05) is 50.2 Å². The second-order valence-corrected chi connectivity index (χ2v) is 5.24. The number of nitrogens with two attached hydrogens (primary N) is 2. The normalized spacial score (nSPS) is 14.7. The molecule has 0 spiro atoms. The molecule has 0 unspecified atom stereocenters. The van der Waals surface area contributed by atoms with Crippen LogP contribution in [0.3, 0.4) is 0 Å². The molecular formula is C15H22Cl2N6. The molecule has 2 heterocycles. The van der Waals surface area contributed by atoms with Gasteiger partial charge in [-0.15, -0.1) is 24.8 Å². The van der Waals surface area contributed by atoms with Gasteiger partial charge < -0.3 is 16.4 Å². The molecule has 1 aliphatic rings. The lowest BCUT2D eigenvalue weighted by Gasteiger charge is -2.36. The predicted octanol–water partition coefficient (Wildman–Crippen LogP) is 1.81. The summed E-state index contributed by atoms with van der Waals surface area (Å²) >= 11 is 0. The fourth-order valence-corrected chi connectivity index (χ4v) is 2.60. The lowest BCUT2D eigenvalue weighted by Crippen LogP contribution is -2.46. The van der Waals surface area contributed by atoms with E-state index in [1.54, 1.807) is 6.20 Å². The van der Waals surface area contributed by atoms with Crippen LogP contribution in [0.15, 0.2) is 36.5 Å². The first kappa shape index (κ1) is 19.3. The number of para-hydroxylation sites is 1. The van der Waals surface area contributed by atoms with E-state index in [4.69, 9.17) is 11.5 Å². The molecule has 1 saturated heterocycles. The molecule has 6 nitrogen and oxygen atoms in total. The van der Waals surface area contributed by atoms with Crippen LogP contribution in [0.1, 0.15) is 5.56 Å². The van der Waals surface area contributed by atoms with Crippen molar-refractivity contribution in [2.45, 2.75) is 6.54 Å². The van der Waals surface area contributed by atoms with E-state index in [9.17, 15) is 0 Å². The lowest BCUT2D eigenvalue weighted by molar-refractivity contribution is 0.250.